The predicted molar refractivity (Wildman–Crippen MR) is 126 cm³/mol. The molecule has 0 spiro atoms. The van der Waals surface area contributed by atoms with Crippen LogP contribution in [0.5, 0.6) is 0 Å². The van der Waals surface area contributed by atoms with Crippen LogP contribution in [0.4, 0.5) is 4.79 Å². The number of ether oxygens (including phenoxy) is 1. The maximum absolute atomic E-state index is 13.1. The quantitative estimate of drug-likeness (QED) is 0.667. The summed E-state index contributed by atoms with van der Waals surface area (Å²) < 4.78 is 5.65. The van der Waals surface area contributed by atoms with Crippen molar-refractivity contribution < 1.29 is 24.2 Å². The van der Waals surface area contributed by atoms with Gasteiger partial charge in [0.1, 0.15) is 12.1 Å². The summed E-state index contributed by atoms with van der Waals surface area (Å²) in [5.74, 6) is -1.23. The van der Waals surface area contributed by atoms with Crippen molar-refractivity contribution >= 4 is 18.0 Å². The zero-order chi connectivity index (χ0) is 23.9. The summed E-state index contributed by atoms with van der Waals surface area (Å²) in [4.78, 5) is 39.1. The highest BCUT2D eigenvalue weighted by molar-refractivity contribution is 5.88. The van der Waals surface area contributed by atoms with Crippen molar-refractivity contribution in [3.63, 3.8) is 0 Å². The molecule has 1 saturated carbocycles. The number of carboxylic acids is 1. The first kappa shape index (κ1) is 22.4. The smallest absolute Gasteiger partial charge is 0.407 e. The normalized spacial score (nSPS) is 22.4. The van der Waals surface area contributed by atoms with E-state index in [1.807, 2.05) is 24.3 Å². The third-order valence-corrected chi connectivity index (χ3v) is 7.71. The highest BCUT2D eigenvalue weighted by Crippen LogP contribution is 2.45. The first-order chi connectivity index (χ1) is 16.3. The third-order valence-electron chi connectivity index (χ3n) is 7.71. The largest absolute Gasteiger partial charge is 0.480 e. The lowest BCUT2D eigenvalue weighted by molar-refractivity contribution is -0.161. The number of aliphatic carboxylic acids is 1. The number of piperidine rings is 1. The van der Waals surface area contributed by atoms with Crippen LogP contribution in [0.25, 0.3) is 11.1 Å². The Morgan fingerprint density at radius 2 is 1.62 bits per heavy atom. The molecule has 2 amide bonds. The van der Waals surface area contributed by atoms with Crippen molar-refractivity contribution in [1.82, 2.24) is 10.2 Å². The number of fused-ring (bicyclic) bond motifs is 3. The van der Waals surface area contributed by atoms with Gasteiger partial charge in [0.15, 0.2) is 0 Å². The van der Waals surface area contributed by atoms with E-state index in [1.165, 1.54) is 16.0 Å². The van der Waals surface area contributed by atoms with Gasteiger partial charge >= 0.3 is 12.1 Å². The molecule has 0 bridgehead atoms. The monoisotopic (exact) mass is 462 g/mol. The van der Waals surface area contributed by atoms with E-state index in [-0.39, 0.29) is 24.9 Å². The zero-order valence-electron chi connectivity index (χ0n) is 19.4. The van der Waals surface area contributed by atoms with Crippen LogP contribution in [0.2, 0.25) is 0 Å². The van der Waals surface area contributed by atoms with Crippen LogP contribution < -0.4 is 5.32 Å². The van der Waals surface area contributed by atoms with Gasteiger partial charge in [0.2, 0.25) is 5.91 Å². The summed E-state index contributed by atoms with van der Waals surface area (Å²) in [6.07, 6.45) is 2.95. The van der Waals surface area contributed by atoms with Crippen LogP contribution in [0, 0.1) is 0 Å². The number of nitrogens with zero attached hydrogens (tertiary/aromatic N) is 1. The average Bonchev–Trinajstić information content (AvgIpc) is 3.49. The minimum atomic E-state index is -1.19. The standard InChI is InChI=1S/C27H30N2O5/c1-26(24(31)32)12-6-7-15-29(26)23(30)16-27(13-14-27)28-25(33)34-17-22-20-10-4-2-8-18(20)19-9-3-5-11-21(19)22/h2-5,8-11,22H,6-7,12-17H2,1H3,(H,28,33)(H,31,32). The van der Waals surface area contributed by atoms with Crippen LogP contribution in [-0.2, 0) is 14.3 Å². The molecule has 1 unspecified atom stereocenters. The van der Waals surface area contributed by atoms with E-state index in [0.717, 1.165) is 24.0 Å². The van der Waals surface area contributed by atoms with Gasteiger partial charge in [-0.05, 0) is 61.3 Å². The second kappa shape index (κ2) is 8.46. The average molecular weight is 463 g/mol. The second-order valence-electron chi connectivity index (χ2n) is 9.99. The highest BCUT2D eigenvalue weighted by atomic mass is 16.5. The third kappa shape index (κ3) is 3.93. The van der Waals surface area contributed by atoms with E-state index >= 15 is 0 Å². The van der Waals surface area contributed by atoms with Crippen molar-refractivity contribution in [2.45, 2.75) is 62.4 Å². The van der Waals surface area contributed by atoms with E-state index in [2.05, 4.69) is 29.6 Å². The fraction of sp³-hybridized carbons (Fsp3) is 0.444. The molecule has 1 atom stereocenters. The first-order valence-electron chi connectivity index (χ1n) is 12.0. The second-order valence-corrected chi connectivity index (χ2v) is 9.99. The summed E-state index contributed by atoms with van der Waals surface area (Å²) in [5, 5.41) is 12.6. The van der Waals surface area contributed by atoms with Crippen LogP contribution in [0.1, 0.15) is 62.5 Å². The van der Waals surface area contributed by atoms with Crippen LogP contribution >= 0.6 is 0 Å². The van der Waals surface area contributed by atoms with Gasteiger partial charge in [-0.25, -0.2) is 9.59 Å². The van der Waals surface area contributed by atoms with E-state index in [9.17, 15) is 19.5 Å². The molecule has 34 heavy (non-hydrogen) atoms. The van der Waals surface area contributed by atoms with Gasteiger partial charge in [0, 0.05) is 12.5 Å². The number of alkyl carbamates (subject to hydrolysis) is 1. The SMILES string of the molecule is CC1(C(=O)O)CCCCN1C(=O)CC1(NC(=O)OCC2c3ccccc3-c3ccccc32)CC1. The summed E-state index contributed by atoms with van der Waals surface area (Å²) in [6, 6.07) is 16.3. The van der Waals surface area contributed by atoms with Crippen LogP contribution in [-0.4, -0.2) is 52.2 Å². The number of hydrogen-bond donors (Lipinski definition) is 2. The van der Waals surface area contributed by atoms with Crippen molar-refractivity contribution in [2.24, 2.45) is 0 Å². The lowest BCUT2D eigenvalue weighted by atomic mass is 9.88. The molecule has 178 valence electrons. The molecule has 1 saturated heterocycles. The molecule has 2 fully saturated rings. The Morgan fingerprint density at radius 3 is 2.21 bits per heavy atom. The Bertz CT molecular complexity index is 1100. The van der Waals surface area contributed by atoms with Gasteiger partial charge in [-0.1, -0.05) is 48.5 Å². The molecule has 1 heterocycles. The number of amides is 2. The van der Waals surface area contributed by atoms with Gasteiger partial charge in [0.25, 0.3) is 0 Å². The van der Waals surface area contributed by atoms with Gasteiger partial charge < -0.3 is 20.1 Å². The van der Waals surface area contributed by atoms with Crippen molar-refractivity contribution in [2.75, 3.05) is 13.2 Å². The first-order valence-corrected chi connectivity index (χ1v) is 12.0. The minimum absolute atomic E-state index is 0.0282. The van der Waals surface area contributed by atoms with Gasteiger partial charge in [-0.15, -0.1) is 0 Å². The molecule has 5 rings (SSSR count). The Kier molecular flexibility index (Phi) is 5.58. The molecule has 2 aromatic carbocycles. The van der Waals surface area contributed by atoms with Crippen molar-refractivity contribution in [3.8, 4) is 11.1 Å². The zero-order valence-corrected chi connectivity index (χ0v) is 19.4. The lowest BCUT2D eigenvalue weighted by Crippen LogP contribution is -2.58. The maximum Gasteiger partial charge on any atom is 0.407 e. The Balaban J connectivity index is 1.22. The van der Waals surface area contributed by atoms with E-state index in [0.29, 0.717) is 25.8 Å². The Morgan fingerprint density at radius 1 is 1.00 bits per heavy atom. The molecule has 2 aromatic rings. The highest BCUT2D eigenvalue weighted by Gasteiger charge is 2.50. The van der Waals surface area contributed by atoms with Crippen molar-refractivity contribution in [1.29, 1.82) is 0 Å². The number of nitrogens with one attached hydrogen (secondary N) is 1. The molecule has 0 aromatic heterocycles. The molecular weight excluding hydrogens is 432 g/mol. The number of carbonyl (C=O) groups excluding carboxylic acids is 2. The number of carboxylic acid groups (broad SMARTS) is 1. The molecule has 2 aliphatic carbocycles. The minimum Gasteiger partial charge on any atom is -0.480 e. The van der Waals surface area contributed by atoms with E-state index < -0.39 is 23.1 Å². The Hall–Kier alpha value is -3.35. The number of rotatable bonds is 6. The van der Waals surface area contributed by atoms with Crippen LogP contribution in [0.3, 0.4) is 0 Å². The number of benzene rings is 2. The van der Waals surface area contributed by atoms with Gasteiger partial charge in [-0.3, -0.25) is 4.79 Å². The van der Waals surface area contributed by atoms with Gasteiger partial charge in [-0.2, -0.15) is 0 Å². The van der Waals surface area contributed by atoms with Crippen molar-refractivity contribution in [3.05, 3.63) is 59.7 Å². The topological polar surface area (TPSA) is 95.9 Å². The number of carbonyl (C=O) groups is 3. The summed E-state index contributed by atoms with van der Waals surface area (Å²) in [6.45, 7) is 2.26. The Labute approximate surface area is 199 Å². The summed E-state index contributed by atoms with van der Waals surface area (Å²) >= 11 is 0. The summed E-state index contributed by atoms with van der Waals surface area (Å²) in [5.41, 5.74) is 2.79. The number of hydrogen-bond acceptors (Lipinski definition) is 4. The lowest BCUT2D eigenvalue weighted by Gasteiger charge is -2.42. The molecule has 0 radical (unpaired) electrons. The van der Waals surface area contributed by atoms with E-state index in [4.69, 9.17) is 4.74 Å². The molecule has 1 aliphatic heterocycles. The molecular formula is C27H30N2O5. The molecule has 7 nitrogen and oxygen atoms in total. The molecule has 3 aliphatic rings. The number of likely N-dealkylation sites (tertiary alicyclic amines) is 1. The van der Waals surface area contributed by atoms with Crippen LogP contribution in [0.15, 0.2) is 48.5 Å². The van der Waals surface area contributed by atoms with E-state index in [1.54, 1.807) is 6.92 Å². The predicted octanol–water partition coefficient (Wildman–Crippen LogP) is 4.30. The maximum atomic E-state index is 13.1. The summed E-state index contributed by atoms with van der Waals surface area (Å²) in [7, 11) is 0. The molecule has 2 N–H and O–H groups in total. The fourth-order valence-corrected chi connectivity index (χ4v) is 5.48. The fourth-order valence-electron chi connectivity index (χ4n) is 5.48. The van der Waals surface area contributed by atoms with Gasteiger partial charge in [0.05, 0.1) is 12.0 Å². The molecule has 7 heteroatoms.